The molecular formula is C18H25NO5. The van der Waals surface area contributed by atoms with E-state index < -0.39 is 5.97 Å². The van der Waals surface area contributed by atoms with Crippen LogP contribution in [0.3, 0.4) is 0 Å². The normalized spacial score (nSPS) is 15.8. The van der Waals surface area contributed by atoms with Crippen molar-refractivity contribution in [2.45, 2.75) is 43.9 Å². The number of amides is 1. The molecule has 1 saturated carbocycles. The lowest BCUT2D eigenvalue weighted by Gasteiger charge is -2.30. The second-order valence-corrected chi connectivity index (χ2v) is 6.23. The van der Waals surface area contributed by atoms with Crippen molar-refractivity contribution in [3.05, 3.63) is 23.8 Å². The molecule has 0 spiro atoms. The third-order valence-corrected chi connectivity index (χ3v) is 4.75. The zero-order valence-electron chi connectivity index (χ0n) is 14.3. The first-order valence-corrected chi connectivity index (χ1v) is 8.22. The maximum absolute atomic E-state index is 11.9. The van der Waals surface area contributed by atoms with E-state index in [1.54, 1.807) is 14.2 Å². The number of rotatable bonds is 8. The number of carboxylic acids is 1. The highest BCUT2D eigenvalue weighted by Crippen LogP contribution is 2.43. The highest BCUT2D eigenvalue weighted by molar-refractivity contribution is 5.80. The number of aliphatic carboxylic acids is 1. The number of carbonyl (C=O) groups is 2. The Kier molecular flexibility index (Phi) is 6.06. The number of benzene rings is 1. The third-order valence-electron chi connectivity index (χ3n) is 4.75. The molecule has 2 rings (SSSR count). The Labute approximate surface area is 142 Å². The molecule has 1 aromatic rings. The first-order chi connectivity index (χ1) is 11.5. The monoisotopic (exact) mass is 335 g/mol. The number of carbonyl (C=O) groups excluding carboxylic acids is 1. The lowest BCUT2D eigenvalue weighted by Crippen LogP contribution is -2.39. The highest BCUT2D eigenvalue weighted by Gasteiger charge is 2.36. The molecule has 132 valence electrons. The number of nitrogens with one attached hydrogen (secondary N) is 1. The second kappa shape index (κ2) is 8.04. The molecule has 0 unspecified atom stereocenters. The SMILES string of the molecule is COc1ccc(C2(CNC(=O)CCC(=O)O)CCCC2)cc1OC. The summed E-state index contributed by atoms with van der Waals surface area (Å²) in [5, 5.41) is 11.6. The topological polar surface area (TPSA) is 84.9 Å². The number of carboxylic acid groups (broad SMARTS) is 1. The molecule has 0 aliphatic heterocycles. The standard InChI is InChI=1S/C18H25NO5/c1-23-14-6-5-13(11-15(14)24-2)18(9-3-4-10-18)12-19-16(20)7-8-17(21)22/h5-6,11H,3-4,7-10,12H2,1-2H3,(H,19,20)(H,21,22). The summed E-state index contributed by atoms with van der Waals surface area (Å²) in [4.78, 5) is 22.5. The summed E-state index contributed by atoms with van der Waals surface area (Å²) in [5.41, 5.74) is 0.995. The Morgan fingerprint density at radius 3 is 2.38 bits per heavy atom. The van der Waals surface area contributed by atoms with E-state index in [-0.39, 0.29) is 24.2 Å². The van der Waals surface area contributed by atoms with Crippen LogP contribution >= 0.6 is 0 Å². The van der Waals surface area contributed by atoms with Crippen LogP contribution in [0.5, 0.6) is 11.5 Å². The summed E-state index contributed by atoms with van der Waals surface area (Å²) < 4.78 is 10.7. The van der Waals surface area contributed by atoms with E-state index in [2.05, 4.69) is 5.32 Å². The molecule has 1 aliphatic carbocycles. The molecule has 0 saturated heterocycles. The molecule has 0 radical (unpaired) electrons. The van der Waals surface area contributed by atoms with Crippen molar-refractivity contribution in [2.75, 3.05) is 20.8 Å². The molecule has 0 atom stereocenters. The first kappa shape index (κ1) is 18.1. The van der Waals surface area contributed by atoms with Gasteiger partial charge in [0.15, 0.2) is 11.5 Å². The smallest absolute Gasteiger partial charge is 0.303 e. The van der Waals surface area contributed by atoms with Crippen LogP contribution in [0.1, 0.15) is 44.1 Å². The molecule has 1 aliphatic rings. The minimum absolute atomic E-state index is 0.0113. The summed E-state index contributed by atoms with van der Waals surface area (Å²) >= 11 is 0. The average Bonchev–Trinajstić information content (AvgIpc) is 3.07. The Balaban J connectivity index is 2.13. The van der Waals surface area contributed by atoms with Crippen molar-refractivity contribution in [3.63, 3.8) is 0 Å². The lowest BCUT2D eigenvalue weighted by atomic mass is 9.78. The second-order valence-electron chi connectivity index (χ2n) is 6.23. The van der Waals surface area contributed by atoms with Gasteiger partial charge in [0.05, 0.1) is 20.6 Å². The van der Waals surface area contributed by atoms with Gasteiger partial charge in [0, 0.05) is 18.4 Å². The summed E-state index contributed by atoms with van der Waals surface area (Å²) in [5.74, 6) is 0.183. The Morgan fingerprint density at radius 1 is 1.12 bits per heavy atom. The molecule has 1 amide bonds. The number of methoxy groups -OCH3 is 2. The molecule has 1 aromatic carbocycles. The van der Waals surface area contributed by atoms with Gasteiger partial charge in [-0.1, -0.05) is 18.9 Å². The van der Waals surface area contributed by atoms with Gasteiger partial charge in [0.2, 0.25) is 5.91 Å². The molecule has 0 bridgehead atoms. The van der Waals surface area contributed by atoms with Crippen molar-refractivity contribution >= 4 is 11.9 Å². The zero-order valence-corrected chi connectivity index (χ0v) is 14.3. The van der Waals surface area contributed by atoms with Gasteiger partial charge in [0.25, 0.3) is 0 Å². The fourth-order valence-corrected chi connectivity index (χ4v) is 3.36. The van der Waals surface area contributed by atoms with Crippen molar-refractivity contribution < 1.29 is 24.2 Å². The fourth-order valence-electron chi connectivity index (χ4n) is 3.36. The van der Waals surface area contributed by atoms with Crippen LogP contribution in [0.15, 0.2) is 18.2 Å². The van der Waals surface area contributed by atoms with Crippen LogP contribution in [0.4, 0.5) is 0 Å². The molecule has 1 fully saturated rings. The lowest BCUT2D eigenvalue weighted by molar-refractivity contribution is -0.138. The van der Waals surface area contributed by atoms with Crippen molar-refractivity contribution in [1.29, 1.82) is 0 Å². The minimum atomic E-state index is -0.958. The van der Waals surface area contributed by atoms with Gasteiger partial charge in [-0.2, -0.15) is 0 Å². The summed E-state index contributed by atoms with van der Waals surface area (Å²) in [6.45, 7) is 0.515. The molecule has 6 nitrogen and oxygen atoms in total. The van der Waals surface area contributed by atoms with Gasteiger partial charge >= 0.3 is 5.97 Å². The maximum Gasteiger partial charge on any atom is 0.303 e. The zero-order chi connectivity index (χ0) is 17.6. The Bertz CT molecular complexity index is 593. The van der Waals surface area contributed by atoms with Gasteiger partial charge in [-0.15, -0.1) is 0 Å². The van der Waals surface area contributed by atoms with E-state index >= 15 is 0 Å². The molecule has 24 heavy (non-hydrogen) atoms. The van der Waals surface area contributed by atoms with Crippen molar-refractivity contribution in [1.82, 2.24) is 5.32 Å². The predicted octanol–water partition coefficient (Wildman–Crippen LogP) is 2.50. The molecular weight excluding hydrogens is 310 g/mol. The van der Waals surface area contributed by atoms with E-state index in [0.717, 1.165) is 31.2 Å². The Hall–Kier alpha value is -2.24. The van der Waals surface area contributed by atoms with Gasteiger partial charge in [-0.05, 0) is 30.5 Å². The van der Waals surface area contributed by atoms with E-state index in [1.165, 1.54) is 0 Å². The molecule has 0 heterocycles. The van der Waals surface area contributed by atoms with E-state index in [0.29, 0.717) is 18.0 Å². The number of hydrogen-bond acceptors (Lipinski definition) is 4. The van der Waals surface area contributed by atoms with Crippen LogP contribution < -0.4 is 14.8 Å². The van der Waals surface area contributed by atoms with Crippen LogP contribution in [0, 0.1) is 0 Å². The highest BCUT2D eigenvalue weighted by atomic mass is 16.5. The van der Waals surface area contributed by atoms with Gasteiger partial charge in [-0.3, -0.25) is 9.59 Å². The largest absolute Gasteiger partial charge is 0.493 e. The summed E-state index contributed by atoms with van der Waals surface area (Å²) in [6, 6.07) is 5.89. The predicted molar refractivity (Wildman–Crippen MR) is 89.6 cm³/mol. The maximum atomic E-state index is 11.9. The van der Waals surface area contributed by atoms with Gasteiger partial charge in [0.1, 0.15) is 0 Å². The van der Waals surface area contributed by atoms with Gasteiger partial charge < -0.3 is 19.9 Å². The molecule has 6 heteroatoms. The van der Waals surface area contributed by atoms with Crippen molar-refractivity contribution in [3.8, 4) is 11.5 Å². The summed E-state index contributed by atoms with van der Waals surface area (Å²) in [7, 11) is 3.21. The van der Waals surface area contributed by atoms with E-state index in [4.69, 9.17) is 14.6 Å². The van der Waals surface area contributed by atoms with Crippen LogP contribution in [0.2, 0.25) is 0 Å². The Morgan fingerprint density at radius 2 is 1.79 bits per heavy atom. The van der Waals surface area contributed by atoms with Crippen molar-refractivity contribution in [2.24, 2.45) is 0 Å². The van der Waals surface area contributed by atoms with Crippen LogP contribution in [0.25, 0.3) is 0 Å². The average molecular weight is 335 g/mol. The minimum Gasteiger partial charge on any atom is -0.493 e. The summed E-state index contributed by atoms with van der Waals surface area (Å²) in [6.07, 6.45) is 4.06. The number of ether oxygens (including phenoxy) is 2. The van der Waals surface area contributed by atoms with Crippen LogP contribution in [-0.2, 0) is 15.0 Å². The van der Waals surface area contributed by atoms with Crippen LogP contribution in [-0.4, -0.2) is 37.7 Å². The quantitative estimate of drug-likeness (QED) is 0.762. The third kappa shape index (κ3) is 4.19. The van der Waals surface area contributed by atoms with E-state index in [9.17, 15) is 9.59 Å². The molecule has 2 N–H and O–H groups in total. The molecule has 0 aromatic heterocycles. The number of hydrogen-bond donors (Lipinski definition) is 2. The first-order valence-electron chi connectivity index (χ1n) is 8.22. The van der Waals surface area contributed by atoms with E-state index in [1.807, 2.05) is 18.2 Å². The van der Waals surface area contributed by atoms with Gasteiger partial charge in [-0.25, -0.2) is 0 Å². The fraction of sp³-hybridized carbons (Fsp3) is 0.556.